The molecule has 2 aromatic rings. The first kappa shape index (κ1) is 25.7. The van der Waals surface area contributed by atoms with Crippen molar-refractivity contribution < 1.29 is 28.7 Å². The Kier molecular flexibility index (Phi) is 5.95. The topological polar surface area (TPSA) is 95.0 Å². The number of phenolic OH excluding ortho intramolecular Hbond substituents is 1. The number of hydrogen-bond donors (Lipinski definition) is 1. The number of imide groups is 2. The minimum Gasteiger partial charge on any atom is -0.508 e. The summed E-state index contributed by atoms with van der Waals surface area (Å²) in [5, 5.41) is 9.76. The quantitative estimate of drug-likeness (QED) is 0.435. The number of phenols is 1. The largest absolute Gasteiger partial charge is 0.508 e. The number of hydrogen-bond acceptors (Lipinski definition) is 5. The molecule has 3 fully saturated rings. The average molecular weight is 551 g/mol. The molecule has 4 amide bonds. The zero-order valence-corrected chi connectivity index (χ0v) is 22.3. The monoisotopic (exact) mass is 550 g/mol. The predicted molar refractivity (Wildman–Crippen MR) is 141 cm³/mol. The van der Waals surface area contributed by atoms with Crippen LogP contribution in [-0.4, -0.2) is 40.2 Å². The summed E-state index contributed by atoms with van der Waals surface area (Å²) in [4.78, 5) is 57.5. The van der Waals surface area contributed by atoms with Crippen molar-refractivity contribution >= 4 is 40.9 Å². The van der Waals surface area contributed by atoms with Crippen LogP contribution in [0.4, 0.5) is 10.1 Å². The van der Waals surface area contributed by atoms with Crippen LogP contribution in [0.5, 0.6) is 5.75 Å². The number of allylic oxidation sites excluding steroid dienone is 2. The van der Waals surface area contributed by atoms with Gasteiger partial charge in [0.05, 0.1) is 33.9 Å². The summed E-state index contributed by atoms with van der Waals surface area (Å²) in [6, 6.07) is 10.3. The molecule has 2 heterocycles. The molecule has 2 saturated heterocycles. The number of rotatable bonds is 4. The lowest BCUT2D eigenvalue weighted by Crippen LogP contribution is -2.48. The first-order valence-electron chi connectivity index (χ1n) is 13.3. The lowest BCUT2D eigenvalue weighted by molar-refractivity contribution is -0.140. The maximum absolute atomic E-state index is 14.2. The number of carbonyl (C=O) groups excluding carboxylic acids is 4. The van der Waals surface area contributed by atoms with Crippen LogP contribution in [0.15, 0.2) is 54.1 Å². The molecule has 0 aromatic heterocycles. The minimum absolute atomic E-state index is 0.0636. The standard InChI is InChI=1S/C30H28ClFN2O5/c1-3-12-33-26(36)19-10-9-18-20(24(19)28(33)38)14-21-27(37)34(16-6-11-23(32)22(31)13-16)29(39)30(21,2)25(18)15-4-7-17(35)8-5-15/h4-9,11,13,19-21,24-25,35H,3,10,12,14H2,1-2H3/t19-,20+,21-,24-,25-,30+/m0/s1. The van der Waals surface area contributed by atoms with Gasteiger partial charge in [0.15, 0.2) is 0 Å². The van der Waals surface area contributed by atoms with Crippen LogP contribution in [0.2, 0.25) is 5.02 Å². The van der Waals surface area contributed by atoms with Crippen LogP contribution in [-0.2, 0) is 19.2 Å². The normalized spacial score (nSPS) is 31.8. The van der Waals surface area contributed by atoms with E-state index in [1.54, 1.807) is 19.1 Å². The molecule has 6 atom stereocenters. The van der Waals surface area contributed by atoms with E-state index in [2.05, 4.69) is 0 Å². The Hall–Kier alpha value is -3.52. The Balaban J connectivity index is 1.50. The molecule has 1 saturated carbocycles. The summed E-state index contributed by atoms with van der Waals surface area (Å²) < 4.78 is 13.9. The first-order valence-corrected chi connectivity index (χ1v) is 13.6. The molecular formula is C30H28ClFN2O5. The lowest BCUT2D eigenvalue weighted by atomic mass is 9.51. The van der Waals surface area contributed by atoms with Gasteiger partial charge < -0.3 is 5.11 Å². The van der Waals surface area contributed by atoms with Gasteiger partial charge in [-0.3, -0.25) is 24.1 Å². The van der Waals surface area contributed by atoms with Gasteiger partial charge in [0.2, 0.25) is 23.6 Å². The molecule has 7 nitrogen and oxygen atoms in total. The van der Waals surface area contributed by atoms with Crippen molar-refractivity contribution in [2.75, 3.05) is 11.4 Å². The van der Waals surface area contributed by atoms with Crippen LogP contribution in [0, 0.1) is 34.9 Å². The maximum atomic E-state index is 14.2. The fraction of sp³-hybridized carbons (Fsp3) is 0.400. The molecule has 2 aliphatic carbocycles. The Morgan fingerprint density at radius 3 is 2.41 bits per heavy atom. The van der Waals surface area contributed by atoms with Crippen LogP contribution in [0.1, 0.15) is 44.6 Å². The highest BCUT2D eigenvalue weighted by Gasteiger charge is 2.67. The first-order chi connectivity index (χ1) is 18.6. The van der Waals surface area contributed by atoms with Crippen molar-refractivity contribution in [3.8, 4) is 5.75 Å². The van der Waals surface area contributed by atoms with Crippen LogP contribution >= 0.6 is 11.6 Å². The van der Waals surface area contributed by atoms with Gasteiger partial charge in [-0.05, 0) is 68.0 Å². The van der Waals surface area contributed by atoms with E-state index in [-0.39, 0.29) is 34.7 Å². The van der Waals surface area contributed by atoms with Crippen molar-refractivity contribution in [3.05, 3.63) is 70.5 Å². The Labute approximate surface area is 230 Å². The van der Waals surface area contributed by atoms with Gasteiger partial charge in [-0.25, -0.2) is 9.29 Å². The molecule has 202 valence electrons. The van der Waals surface area contributed by atoms with E-state index in [0.717, 1.165) is 22.1 Å². The van der Waals surface area contributed by atoms with E-state index in [1.165, 1.54) is 29.2 Å². The van der Waals surface area contributed by atoms with Crippen molar-refractivity contribution in [1.29, 1.82) is 0 Å². The molecule has 0 spiro atoms. The second-order valence-electron chi connectivity index (χ2n) is 11.2. The molecule has 9 heteroatoms. The van der Waals surface area contributed by atoms with Crippen LogP contribution in [0.3, 0.4) is 0 Å². The number of aromatic hydroxyl groups is 1. The Morgan fingerprint density at radius 1 is 1.03 bits per heavy atom. The number of carbonyl (C=O) groups is 4. The molecular weight excluding hydrogens is 523 g/mol. The smallest absolute Gasteiger partial charge is 0.241 e. The fourth-order valence-electron chi connectivity index (χ4n) is 7.44. The third-order valence-electron chi connectivity index (χ3n) is 9.20. The van der Waals surface area contributed by atoms with Gasteiger partial charge in [0, 0.05) is 12.5 Å². The van der Waals surface area contributed by atoms with Crippen molar-refractivity contribution in [3.63, 3.8) is 0 Å². The summed E-state index contributed by atoms with van der Waals surface area (Å²) in [6.45, 7) is 4.04. The van der Waals surface area contributed by atoms with E-state index >= 15 is 0 Å². The summed E-state index contributed by atoms with van der Waals surface area (Å²) in [5.74, 6) is -4.66. The summed E-state index contributed by atoms with van der Waals surface area (Å²) in [5.41, 5.74) is 0.587. The highest BCUT2D eigenvalue weighted by molar-refractivity contribution is 6.31. The maximum Gasteiger partial charge on any atom is 0.241 e. The average Bonchev–Trinajstić information content (AvgIpc) is 3.27. The van der Waals surface area contributed by atoms with E-state index in [0.29, 0.717) is 19.4 Å². The molecule has 0 unspecified atom stereocenters. The zero-order chi connectivity index (χ0) is 27.8. The SMILES string of the molecule is CCCN1C(=O)[C@H]2[C@H](CC=C3[C@H]2C[C@H]2C(=O)N(c4ccc(F)c(Cl)c4)C(=O)[C@@]2(C)[C@H]3c2ccc(O)cc2)C1=O. The van der Waals surface area contributed by atoms with Crippen molar-refractivity contribution in [2.45, 2.75) is 39.0 Å². The summed E-state index contributed by atoms with van der Waals surface area (Å²) >= 11 is 6.01. The second kappa shape index (κ2) is 9.01. The number of anilines is 1. The van der Waals surface area contributed by atoms with Gasteiger partial charge in [-0.15, -0.1) is 0 Å². The highest BCUT2D eigenvalue weighted by Crippen LogP contribution is 2.63. The Morgan fingerprint density at radius 2 is 1.74 bits per heavy atom. The number of amides is 4. The molecule has 2 aliphatic heterocycles. The highest BCUT2D eigenvalue weighted by atomic mass is 35.5. The summed E-state index contributed by atoms with van der Waals surface area (Å²) in [6.07, 6.45) is 3.27. The molecule has 4 aliphatic rings. The number of halogens is 2. The number of fused-ring (bicyclic) bond motifs is 4. The Bertz CT molecular complexity index is 1460. The van der Waals surface area contributed by atoms with Gasteiger partial charge in [-0.1, -0.05) is 42.3 Å². The number of nitrogens with zero attached hydrogens (tertiary/aromatic N) is 2. The van der Waals surface area contributed by atoms with E-state index in [9.17, 15) is 28.7 Å². The third-order valence-corrected chi connectivity index (χ3v) is 9.49. The molecule has 1 N–H and O–H groups in total. The molecule has 39 heavy (non-hydrogen) atoms. The van der Waals surface area contributed by atoms with Crippen LogP contribution in [0.25, 0.3) is 0 Å². The number of likely N-dealkylation sites (tertiary alicyclic amines) is 1. The van der Waals surface area contributed by atoms with E-state index in [4.69, 9.17) is 11.6 Å². The van der Waals surface area contributed by atoms with Gasteiger partial charge >= 0.3 is 0 Å². The second-order valence-corrected chi connectivity index (χ2v) is 11.6. The molecule has 2 aromatic carbocycles. The molecule has 0 bridgehead atoms. The van der Waals surface area contributed by atoms with Crippen molar-refractivity contribution in [2.24, 2.45) is 29.1 Å². The molecule has 6 rings (SSSR count). The molecule has 0 radical (unpaired) electrons. The van der Waals surface area contributed by atoms with Gasteiger partial charge in [0.1, 0.15) is 11.6 Å². The van der Waals surface area contributed by atoms with E-state index in [1.807, 2.05) is 13.0 Å². The fourth-order valence-corrected chi connectivity index (χ4v) is 7.62. The predicted octanol–water partition coefficient (Wildman–Crippen LogP) is 4.83. The number of benzene rings is 2. The minimum atomic E-state index is -1.21. The van der Waals surface area contributed by atoms with Crippen molar-refractivity contribution in [1.82, 2.24) is 4.90 Å². The van der Waals surface area contributed by atoms with Gasteiger partial charge in [0.25, 0.3) is 0 Å². The third kappa shape index (κ3) is 3.53. The summed E-state index contributed by atoms with van der Waals surface area (Å²) in [7, 11) is 0. The zero-order valence-electron chi connectivity index (χ0n) is 21.6. The van der Waals surface area contributed by atoms with E-state index < -0.39 is 52.6 Å². The van der Waals surface area contributed by atoms with Gasteiger partial charge in [-0.2, -0.15) is 0 Å². The lowest BCUT2D eigenvalue weighted by Gasteiger charge is -2.49. The van der Waals surface area contributed by atoms with Crippen LogP contribution < -0.4 is 4.90 Å².